The van der Waals surface area contributed by atoms with Crippen LogP contribution < -0.4 is 5.73 Å². The molecular weight excluding hydrogens is 102 g/mol. The fraction of sp³-hybridized carbons (Fsp3) is 0.500. The maximum atomic E-state index is 10.7. The Hall–Kier alpha value is -0.630. The molecule has 0 heterocycles. The van der Waals surface area contributed by atoms with Gasteiger partial charge in [0.25, 0.3) is 0 Å². The number of hydrogen-bond acceptors (Lipinski definition) is 2. The Morgan fingerprint density at radius 1 is 2.00 bits per heavy atom. The molecule has 2 heteroatoms. The van der Waals surface area contributed by atoms with Crippen molar-refractivity contribution in [1.82, 2.24) is 0 Å². The van der Waals surface area contributed by atoms with Crippen molar-refractivity contribution in [3.05, 3.63) is 11.6 Å². The van der Waals surface area contributed by atoms with Crippen LogP contribution in [0.2, 0.25) is 0 Å². The maximum Gasteiger partial charge on any atom is 0.175 e. The lowest BCUT2D eigenvalue weighted by Gasteiger charge is -1.96. The minimum absolute atomic E-state index is 0.102. The first-order valence-electron chi connectivity index (χ1n) is 2.70. The molecule has 0 unspecified atom stereocenters. The molecule has 0 spiro atoms. The van der Waals surface area contributed by atoms with Crippen LogP contribution in [0, 0.1) is 0 Å². The molecule has 8 heavy (non-hydrogen) atoms. The summed E-state index contributed by atoms with van der Waals surface area (Å²) in [5.74, 6) is 0.102. The van der Waals surface area contributed by atoms with Crippen molar-refractivity contribution in [2.24, 2.45) is 5.73 Å². The molecule has 44 valence electrons. The molecule has 1 aliphatic rings. The highest BCUT2D eigenvalue weighted by atomic mass is 16.1. The number of allylic oxidation sites excluding steroid dienone is 1. The molecule has 0 bridgehead atoms. The van der Waals surface area contributed by atoms with Gasteiger partial charge in [0.05, 0.1) is 6.04 Å². The maximum absolute atomic E-state index is 10.7. The molecule has 0 radical (unpaired) electrons. The van der Waals surface area contributed by atoms with Gasteiger partial charge >= 0.3 is 0 Å². The van der Waals surface area contributed by atoms with Crippen LogP contribution >= 0.6 is 0 Å². The Balaban J connectivity index is 2.46. The first-order valence-corrected chi connectivity index (χ1v) is 2.70. The van der Waals surface area contributed by atoms with Gasteiger partial charge < -0.3 is 5.73 Å². The number of carbonyl (C=O) groups is 1. The van der Waals surface area contributed by atoms with Crippen LogP contribution in [0.3, 0.4) is 0 Å². The summed E-state index contributed by atoms with van der Waals surface area (Å²) in [6, 6.07) is -0.302. The van der Waals surface area contributed by atoms with E-state index in [9.17, 15) is 4.79 Å². The molecule has 1 atom stereocenters. The number of Topliss-reactive ketones (excluding diaryl/α,β-unsaturated/α-hetero) is 1. The van der Waals surface area contributed by atoms with Gasteiger partial charge in [0.2, 0.25) is 0 Å². The van der Waals surface area contributed by atoms with Crippen LogP contribution in [0.15, 0.2) is 11.6 Å². The highest BCUT2D eigenvalue weighted by Crippen LogP contribution is 2.19. The van der Waals surface area contributed by atoms with Gasteiger partial charge in [-0.1, -0.05) is 6.08 Å². The standard InChI is InChI=1S/C6H9NO/c1-4(7)6(8)5-2-3-5/h2,4H,3,7H2,1H3/t4-/m0/s1. The summed E-state index contributed by atoms with van der Waals surface area (Å²) in [6.45, 7) is 1.71. The Labute approximate surface area is 48.4 Å². The molecule has 0 saturated carbocycles. The summed E-state index contributed by atoms with van der Waals surface area (Å²) in [5.41, 5.74) is 6.19. The number of ketones is 1. The van der Waals surface area contributed by atoms with Crippen LogP contribution in [0.1, 0.15) is 13.3 Å². The minimum atomic E-state index is -0.302. The Bertz CT molecular complexity index is 147. The highest BCUT2D eigenvalue weighted by Gasteiger charge is 2.19. The Morgan fingerprint density at radius 2 is 2.50 bits per heavy atom. The molecule has 0 fully saturated rings. The molecule has 0 aromatic rings. The van der Waals surface area contributed by atoms with E-state index < -0.39 is 0 Å². The third-order valence-corrected chi connectivity index (χ3v) is 1.14. The molecule has 2 N–H and O–H groups in total. The van der Waals surface area contributed by atoms with E-state index in [2.05, 4.69) is 0 Å². The second-order valence-corrected chi connectivity index (χ2v) is 2.09. The van der Waals surface area contributed by atoms with Crippen molar-refractivity contribution < 1.29 is 4.79 Å². The lowest BCUT2D eigenvalue weighted by atomic mass is 10.2. The highest BCUT2D eigenvalue weighted by molar-refractivity contribution is 6.02. The number of hydrogen-bond donors (Lipinski definition) is 1. The van der Waals surface area contributed by atoms with Crippen LogP contribution in [-0.4, -0.2) is 11.8 Å². The lowest BCUT2D eigenvalue weighted by Crippen LogP contribution is -2.25. The molecular formula is C6H9NO. The molecule has 0 amide bonds. The van der Waals surface area contributed by atoms with Crippen molar-refractivity contribution in [2.45, 2.75) is 19.4 Å². The second-order valence-electron chi connectivity index (χ2n) is 2.09. The smallest absolute Gasteiger partial charge is 0.175 e. The quantitative estimate of drug-likeness (QED) is 0.554. The van der Waals surface area contributed by atoms with Gasteiger partial charge in [-0.25, -0.2) is 0 Å². The molecule has 0 aromatic heterocycles. The van der Waals surface area contributed by atoms with E-state index in [-0.39, 0.29) is 11.8 Å². The molecule has 0 aliphatic heterocycles. The van der Waals surface area contributed by atoms with E-state index in [0.29, 0.717) is 0 Å². The molecule has 1 rings (SSSR count). The molecule has 1 aliphatic carbocycles. The third-order valence-electron chi connectivity index (χ3n) is 1.14. The summed E-state index contributed by atoms with van der Waals surface area (Å²) >= 11 is 0. The van der Waals surface area contributed by atoms with Gasteiger partial charge in [-0.3, -0.25) is 4.79 Å². The first kappa shape index (κ1) is 5.51. The van der Waals surface area contributed by atoms with Crippen molar-refractivity contribution in [2.75, 3.05) is 0 Å². The van der Waals surface area contributed by atoms with Gasteiger partial charge in [-0.05, 0) is 18.9 Å². The van der Waals surface area contributed by atoms with E-state index >= 15 is 0 Å². The van der Waals surface area contributed by atoms with E-state index in [0.717, 1.165) is 12.0 Å². The molecule has 0 aromatic carbocycles. The molecule has 2 nitrogen and oxygen atoms in total. The number of nitrogens with two attached hydrogens (primary N) is 1. The summed E-state index contributed by atoms with van der Waals surface area (Å²) in [6.07, 6.45) is 2.76. The zero-order chi connectivity index (χ0) is 6.15. The minimum Gasteiger partial charge on any atom is -0.321 e. The van der Waals surface area contributed by atoms with E-state index in [1.54, 1.807) is 6.92 Å². The molecule has 0 saturated heterocycles. The lowest BCUT2D eigenvalue weighted by molar-refractivity contribution is -0.116. The van der Waals surface area contributed by atoms with Gasteiger partial charge in [-0.15, -0.1) is 0 Å². The summed E-state index contributed by atoms with van der Waals surface area (Å²) < 4.78 is 0. The van der Waals surface area contributed by atoms with Crippen LogP contribution in [0.25, 0.3) is 0 Å². The largest absolute Gasteiger partial charge is 0.321 e. The Morgan fingerprint density at radius 3 is 2.62 bits per heavy atom. The Kier molecular flexibility index (Phi) is 1.18. The van der Waals surface area contributed by atoms with Crippen molar-refractivity contribution in [3.8, 4) is 0 Å². The average molecular weight is 111 g/mol. The number of carbonyl (C=O) groups excluding carboxylic acids is 1. The predicted molar refractivity (Wildman–Crippen MR) is 31.4 cm³/mol. The average Bonchev–Trinajstić information content (AvgIpc) is 2.43. The topological polar surface area (TPSA) is 43.1 Å². The van der Waals surface area contributed by atoms with Crippen LogP contribution in [0.5, 0.6) is 0 Å². The van der Waals surface area contributed by atoms with Gasteiger partial charge in [-0.2, -0.15) is 0 Å². The first-order chi connectivity index (χ1) is 3.72. The SMILES string of the molecule is C[C@H](N)C(=O)C1=CC1. The fourth-order valence-corrected chi connectivity index (χ4v) is 0.545. The van der Waals surface area contributed by atoms with Crippen LogP contribution in [0.4, 0.5) is 0 Å². The van der Waals surface area contributed by atoms with Crippen molar-refractivity contribution >= 4 is 5.78 Å². The van der Waals surface area contributed by atoms with Gasteiger partial charge in [0.1, 0.15) is 0 Å². The monoisotopic (exact) mass is 111 g/mol. The van der Waals surface area contributed by atoms with E-state index in [1.165, 1.54) is 0 Å². The number of rotatable bonds is 2. The zero-order valence-electron chi connectivity index (χ0n) is 4.85. The van der Waals surface area contributed by atoms with Crippen molar-refractivity contribution in [3.63, 3.8) is 0 Å². The zero-order valence-corrected chi connectivity index (χ0v) is 4.85. The third kappa shape index (κ3) is 0.954. The summed E-state index contributed by atoms with van der Waals surface area (Å²) in [4.78, 5) is 10.7. The van der Waals surface area contributed by atoms with Crippen molar-refractivity contribution in [1.29, 1.82) is 0 Å². The van der Waals surface area contributed by atoms with E-state index in [1.807, 2.05) is 6.08 Å². The second kappa shape index (κ2) is 1.71. The van der Waals surface area contributed by atoms with Gasteiger partial charge in [0, 0.05) is 0 Å². The summed E-state index contributed by atoms with van der Waals surface area (Å²) in [5, 5.41) is 0. The normalized spacial score (nSPS) is 19.5. The fourth-order valence-electron chi connectivity index (χ4n) is 0.545. The van der Waals surface area contributed by atoms with E-state index in [4.69, 9.17) is 5.73 Å². The van der Waals surface area contributed by atoms with Crippen LogP contribution in [-0.2, 0) is 4.79 Å². The van der Waals surface area contributed by atoms with Gasteiger partial charge in [0.15, 0.2) is 5.78 Å². The predicted octanol–water partition coefficient (Wildman–Crippen LogP) is 0.233. The summed E-state index contributed by atoms with van der Waals surface area (Å²) in [7, 11) is 0.